The molecule has 2 rings (SSSR count). The van der Waals surface area contributed by atoms with Crippen LogP contribution in [0.25, 0.3) is 0 Å². The predicted molar refractivity (Wildman–Crippen MR) is 70.0 cm³/mol. The lowest BCUT2D eigenvalue weighted by Crippen LogP contribution is -2.39. The van der Waals surface area contributed by atoms with Crippen LogP contribution >= 0.6 is 0 Å². The normalized spacial score (nSPS) is 21.2. The Labute approximate surface area is 108 Å². The third-order valence-corrected chi connectivity index (χ3v) is 3.37. The summed E-state index contributed by atoms with van der Waals surface area (Å²) < 4.78 is 10.6. The molecule has 0 amide bonds. The maximum Gasteiger partial charge on any atom is 0.122 e. The minimum atomic E-state index is -0.463. The predicted octanol–water partition coefficient (Wildman–Crippen LogP) is 1.15. The maximum absolute atomic E-state index is 9.62. The highest BCUT2D eigenvalue weighted by molar-refractivity contribution is 5.40. The first-order chi connectivity index (χ1) is 8.72. The van der Waals surface area contributed by atoms with Crippen molar-refractivity contribution in [3.8, 4) is 5.75 Å². The van der Waals surface area contributed by atoms with Crippen molar-refractivity contribution >= 4 is 0 Å². The minimum absolute atomic E-state index is 0.264. The lowest BCUT2D eigenvalue weighted by atomic mass is 9.94. The lowest BCUT2D eigenvalue weighted by Gasteiger charge is -2.21. The highest BCUT2D eigenvalue weighted by Crippen LogP contribution is 2.35. The molecule has 100 valence electrons. The van der Waals surface area contributed by atoms with Crippen molar-refractivity contribution in [2.75, 3.05) is 26.9 Å². The van der Waals surface area contributed by atoms with Gasteiger partial charge in [-0.2, -0.15) is 0 Å². The number of benzene rings is 1. The number of fused-ring (bicyclic) bond motifs is 1. The average molecular weight is 251 g/mol. The summed E-state index contributed by atoms with van der Waals surface area (Å²) in [6, 6.07) is 8.40. The standard InChI is InChI=1S/C14H21NO3/c1-10(15-7-11(16)8-17-2)13-9-18-14-6-4-3-5-12(13)14/h3-6,10-11,13,15-16H,7-9H2,1-2H3/t10-,11+,13+/m1/s1. The summed E-state index contributed by atoms with van der Waals surface area (Å²) >= 11 is 0. The van der Waals surface area contributed by atoms with Crippen molar-refractivity contribution in [1.82, 2.24) is 5.32 Å². The Hall–Kier alpha value is -1.10. The van der Waals surface area contributed by atoms with Crippen LogP contribution in [0.1, 0.15) is 18.4 Å². The second kappa shape index (κ2) is 6.18. The largest absolute Gasteiger partial charge is 0.493 e. The van der Waals surface area contributed by atoms with Gasteiger partial charge >= 0.3 is 0 Å². The topological polar surface area (TPSA) is 50.7 Å². The van der Waals surface area contributed by atoms with Crippen molar-refractivity contribution < 1.29 is 14.6 Å². The van der Waals surface area contributed by atoms with Gasteiger partial charge in [0.2, 0.25) is 0 Å². The first-order valence-corrected chi connectivity index (χ1v) is 6.34. The van der Waals surface area contributed by atoms with E-state index in [1.807, 2.05) is 18.2 Å². The Morgan fingerprint density at radius 2 is 2.28 bits per heavy atom. The summed E-state index contributed by atoms with van der Waals surface area (Å²) in [7, 11) is 1.59. The number of para-hydroxylation sites is 1. The van der Waals surface area contributed by atoms with Gasteiger partial charge in [0, 0.05) is 31.2 Å². The molecule has 1 heterocycles. The zero-order chi connectivity index (χ0) is 13.0. The molecule has 0 aliphatic carbocycles. The molecular formula is C14H21NO3. The number of rotatable bonds is 6. The number of ether oxygens (including phenoxy) is 2. The number of hydrogen-bond donors (Lipinski definition) is 2. The Bertz CT molecular complexity index is 383. The van der Waals surface area contributed by atoms with E-state index in [0.717, 1.165) is 5.75 Å². The maximum atomic E-state index is 9.62. The van der Waals surface area contributed by atoms with Crippen molar-refractivity contribution in [2.45, 2.75) is 25.0 Å². The molecule has 1 aliphatic heterocycles. The molecule has 2 N–H and O–H groups in total. The summed E-state index contributed by atoms with van der Waals surface area (Å²) in [5.74, 6) is 1.32. The number of nitrogens with one attached hydrogen (secondary N) is 1. The zero-order valence-electron chi connectivity index (χ0n) is 10.9. The average Bonchev–Trinajstić information content (AvgIpc) is 2.80. The molecule has 0 aromatic heterocycles. The van der Waals surface area contributed by atoms with Gasteiger partial charge in [-0.15, -0.1) is 0 Å². The number of aliphatic hydroxyl groups excluding tert-OH is 1. The molecule has 4 heteroatoms. The molecule has 0 saturated heterocycles. The van der Waals surface area contributed by atoms with E-state index < -0.39 is 6.10 Å². The summed E-state index contributed by atoms with van der Waals surface area (Å²) in [5.41, 5.74) is 1.25. The van der Waals surface area contributed by atoms with Crippen molar-refractivity contribution in [3.63, 3.8) is 0 Å². The molecule has 4 nitrogen and oxygen atoms in total. The first-order valence-electron chi connectivity index (χ1n) is 6.34. The van der Waals surface area contributed by atoms with E-state index in [9.17, 15) is 5.11 Å². The van der Waals surface area contributed by atoms with Crippen LogP contribution in [-0.4, -0.2) is 44.1 Å². The van der Waals surface area contributed by atoms with Gasteiger partial charge in [-0.25, -0.2) is 0 Å². The SMILES string of the molecule is COC[C@@H](O)CN[C@H](C)[C@@H]1COc2ccccc21. The Morgan fingerprint density at radius 1 is 1.50 bits per heavy atom. The van der Waals surface area contributed by atoms with Gasteiger partial charge < -0.3 is 19.9 Å². The van der Waals surface area contributed by atoms with E-state index in [-0.39, 0.29) is 6.04 Å². The number of hydrogen-bond acceptors (Lipinski definition) is 4. The van der Waals surface area contributed by atoms with E-state index in [2.05, 4.69) is 18.3 Å². The van der Waals surface area contributed by atoms with Crippen LogP contribution in [0.3, 0.4) is 0 Å². The van der Waals surface area contributed by atoms with E-state index in [1.165, 1.54) is 5.56 Å². The molecule has 0 fully saturated rings. The summed E-state index contributed by atoms with van der Waals surface area (Å²) in [6.45, 7) is 3.72. The van der Waals surface area contributed by atoms with E-state index in [0.29, 0.717) is 25.7 Å². The van der Waals surface area contributed by atoms with Crippen LogP contribution in [0.2, 0.25) is 0 Å². The van der Waals surface area contributed by atoms with Crippen LogP contribution in [0.15, 0.2) is 24.3 Å². The van der Waals surface area contributed by atoms with E-state index in [4.69, 9.17) is 9.47 Å². The first kappa shape index (κ1) is 13.3. The van der Waals surface area contributed by atoms with Crippen LogP contribution in [0.5, 0.6) is 5.75 Å². The molecule has 0 saturated carbocycles. The number of aliphatic hydroxyl groups is 1. The van der Waals surface area contributed by atoms with Gasteiger partial charge in [-0.3, -0.25) is 0 Å². The third kappa shape index (κ3) is 3.02. The third-order valence-electron chi connectivity index (χ3n) is 3.37. The molecule has 1 aromatic carbocycles. The monoisotopic (exact) mass is 251 g/mol. The fourth-order valence-corrected chi connectivity index (χ4v) is 2.32. The van der Waals surface area contributed by atoms with Gasteiger partial charge in [-0.1, -0.05) is 18.2 Å². The molecular weight excluding hydrogens is 230 g/mol. The van der Waals surface area contributed by atoms with Crippen LogP contribution in [0, 0.1) is 0 Å². The quantitative estimate of drug-likeness (QED) is 0.796. The minimum Gasteiger partial charge on any atom is -0.493 e. The van der Waals surface area contributed by atoms with E-state index >= 15 is 0 Å². The van der Waals surface area contributed by atoms with Crippen LogP contribution in [0.4, 0.5) is 0 Å². The molecule has 0 radical (unpaired) electrons. The van der Waals surface area contributed by atoms with Crippen molar-refractivity contribution in [2.24, 2.45) is 0 Å². The van der Waals surface area contributed by atoms with Crippen LogP contribution in [-0.2, 0) is 4.74 Å². The second-order valence-electron chi connectivity index (χ2n) is 4.76. The summed E-state index contributed by atoms with van der Waals surface area (Å²) in [4.78, 5) is 0. The molecule has 0 spiro atoms. The molecule has 1 aromatic rings. The highest BCUT2D eigenvalue weighted by atomic mass is 16.5. The zero-order valence-corrected chi connectivity index (χ0v) is 10.9. The van der Waals surface area contributed by atoms with Gasteiger partial charge in [0.15, 0.2) is 0 Å². The van der Waals surface area contributed by atoms with E-state index in [1.54, 1.807) is 7.11 Å². The highest BCUT2D eigenvalue weighted by Gasteiger charge is 2.28. The van der Waals surface area contributed by atoms with Crippen molar-refractivity contribution in [3.05, 3.63) is 29.8 Å². The number of methoxy groups -OCH3 is 1. The van der Waals surface area contributed by atoms with Gasteiger partial charge in [-0.05, 0) is 13.0 Å². The van der Waals surface area contributed by atoms with Gasteiger partial charge in [0.05, 0.1) is 19.3 Å². The smallest absolute Gasteiger partial charge is 0.122 e. The molecule has 3 atom stereocenters. The Balaban J connectivity index is 1.89. The Kier molecular flexibility index (Phi) is 4.58. The molecule has 1 aliphatic rings. The van der Waals surface area contributed by atoms with Gasteiger partial charge in [0.1, 0.15) is 5.75 Å². The fourth-order valence-electron chi connectivity index (χ4n) is 2.32. The summed E-state index contributed by atoms with van der Waals surface area (Å²) in [6.07, 6.45) is -0.463. The fraction of sp³-hybridized carbons (Fsp3) is 0.571. The molecule has 18 heavy (non-hydrogen) atoms. The molecule has 0 bridgehead atoms. The van der Waals surface area contributed by atoms with Crippen molar-refractivity contribution in [1.29, 1.82) is 0 Å². The second-order valence-corrected chi connectivity index (χ2v) is 4.76. The van der Waals surface area contributed by atoms with Crippen LogP contribution < -0.4 is 10.1 Å². The Morgan fingerprint density at radius 3 is 3.06 bits per heavy atom. The molecule has 0 unspecified atom stereocenters. The lowest BCUT2D eigenvalue weighted by molar-refractivity contribution is 0.0622. The summed E-state index contributed by atoms with van der Waals surface area (Å²) in [5, 5.41) is 13.0. The van der Waals surface area contributed by atoms with Gasteiger partial charge in [0.25, 0.3) is 0 Å².